The molecule has 4 rings (SSSR count). The first-order chi connectivity index (χ1) is 13.2. The second kappa shape index (κ2) is 8.19. The van der Waals surface area contributed by atoms with Gasteiger partial charge in [0.2, 0.25) is 5.91 Å². The fraction of sp³-hybridized carbons (Fsp3) is 0.455. The number of amides is 1. The zero-order chi connectivity index (χ0) is 18.6. The lowest BCUT2D eigenvalue weighted by Gasteiger charge is -2.37. The maximum Gasteiger partial charge on any atom is 0.220 e. The van der Waals surface area contributed by atoms with Gasteiger partial charge in [-0.3, -0.25) is 14.7 Å². The van der Waals surface area contributed by atoms with Gasteiger partial charge in [-0.2, -0.15) is 0 Å². The monoisotopic (exact) mass is 365 g/mol. The van der Waals surface area contributed by atoms with Gasteiger partial charge in [0.1, 0.15) is 0 Å². The lowest BCUT2D eigenvalue weighted by molar-refractivity contribution is -0.123. The quantitative estimate of drug-likeness (QED) is 0.792. The van der Waals surface area contributed by atoms with Gasteiger partial charge in [0.25, 0.3) is 0 Å². The number of aliphatic hydroxyl groups excluding tert-OH is 1. The van der Waals surface area contributed by atoms with Crippen LogP contribution in [0.4, 0.5) is 0 Å². The number of carbonyl (C=O) groups excluding carboxylic acids is 1. The van der Waals surface area contributed by atoms with Crippen LogP contribution in [0.2, 0.25) is 0 Å². The van der Waals surface area contributed by atoms with E-state index >= 15 is 0 Å². The minimum Gasteiger partial charge on any atom is -0.393 e. The van der Waals surface area contributed by atoms with E-state index in [2.05, 4.69) is 39.5 Å². The predicted molar refractivity (Wildman–Crippen MR) is 104 cm³/mol. The molecule has 0 unspecified atom stereocenters. The van der Waals surface area contributed by atoms with Crippen molar-refractivity contribution >= 4 is 5.91 Å². The molecule has 1 aromatic carbocycles. The summed E-state index contributed by atoms with van der Waals surface area (Å²) in [4.78, 5) is 19.3. The molecule has 0 saturated heterocycles. The first kappa shape index (κ1) is 18.1. The summed E-state index contributed by atoms with van der Waals surface area (Å²) in [6.07, 6.45) is 4.35. The molecule has 142 valence electrons. The van der Waals surface area contributed by atoms with Crippen LogP contribution in [0.3, 0.4) is 0 Å². The van der Waals surface area contributed by atoms with Gasteiger partial charge in [-0.05, 0) is 55.0 Å². The van der Waals surface area contributed by atoms with E-state index < -0.39 is 0 Å². The van der Waals surface area contributed by atoms with Crippen LogP contribution in [-0.4, -0.2) is 33.5 Å². The summed E-state index contributed by atoms with van der Waals surface area (Å²) in [5.74, 6) is 0.343. The van der Waals surface area contributed by atoms with E-state index in [-0.39, 0.29) is 24.0 Å². The summed E-state index contributed by atoms with van der Waals surface area (Å²) in [5.41, 5.74) is 3.69. The summed E-state index contributed by atoms with van der Waals surface area (Å²) in [5, 5.41) is 12.8. The Bertz CT molecular complexity index is 749. The van der Waals surface area contributed by atoms with Gasteiger partial charge >= 0.3 is 0 Å². The van der Waals surface area contributed by atoms with Crippen molar-refractivity contribution in [3.63, 3.8) is 0 Å². The van der Waals surface area contributed by atoms with Crippen molar-refractivity contribution in [2.45, 2.75) is 50.9 Å². The first-order valence-electron chi connectivity index (χ1n) is 9.86. The van der Waals surface area contributed by atoms with Crippen molar-refractivity contribution in [3.05, 3.63) is 65.5 Å². The maximum atomic E-state index is 12.5. The summed E-state index contributed by atoms with van der Waals surface area (Å²) < 4.78 is 0. The predicted octanol–water partition coefficient (Wildman–Crippen LogP) is 2.81. The number of benzene rings is 1. The molecule has 1 fully saturated rings. The van der Waals surface area contributed by atoms with Crippen LogP contribution >= 0.6 is 0 Å². The highest BCUT2D eigenvalue weighted by Crippen LogP contribution is 2.37. The molecule has 1 aliphatic heterocycles. The molecule has 0 bridgehead atoms. The summed E-state index contributed by atoms with van der Waals surface area (Å²) in [6, 6.07) is 14.2. The SMILES string of the molecule is O=C(CCCN1Cc2ccccc2C1)N[C@@H](c1ccccn1)C1CC(O)C1. The molecule has 5 nitrogen and oxygen atoms in total. The highest BCUT2D eigenvalue weighted by atomic mass is 16.3. The Labute approximate surface area is 160 Å². The van der Waals surface area contributed by atoms with Crippen molar-refractivity contribution in [2.75, 3.05) is 6.54 Å². The Kier molecular flexibility index (Phi) is 5.50. The first-order valence-corrected chi connectivity index (χ1v) is 9.86. The third-order valence-electron chi connectivity index (χ3n) is 5.73. The average molecular weight is 365 g/mol. The molecule has 5 heteroatoms. The minimum absolute atomic E-state index is 0.0729. The number of hydrogen-bond donors (Lipinski definition) is 2. The Morgan fingerprint density at radius 3 is 2.48 bits per heavy atom. The largest absolute Gasteiger partial charge is 0.393 e. The number of nitrogens with one attached hydrogen (secondary N) is 1. The fourth-order valence-corrected chi connectivity index (χ4v) is 4.17. The van der Waals surface area contributed by atoms with Gasteiger partial charge in [0, 0.05) is 25.7 Å². The van der Waals surface area contributed by atoms with Crippen molar-refractivity contribution in [2.24, 2.45) is 5.92 Å². The van der Waals surface area contributed by atoms with Gasteiger partial charge < -0.3 is 10.4 Å². The molecule has 0 radical (unpaired) electrons. The van der Waals surface area contributed by atoms with E-state index in [0.717, 1.165) is 44.6 Å². The molecule has 2 aromatic rings. The molecular weight excluding hydrogens is 338 g/mol. The Hall–Kier alpha value is -2.24. The van der Waals surface area contributed by atoms with Crippen LogP contribution in [0, 0.1) is 5.92 Å². The van der Waals surface area contributed by atoms with E-state index in [9.17, 15) is 9.90 Å². The third-order valence-corrected chi connectivity index (χ3v) is 5.73. The number of aromatic nitrogens is 1. The topological polar surface area (TPSA) is 65.5 Å². The highest BCUT2D eigenvalue weighted by Gasteiger charge is 2.36. The Morgan fingerprint density at radius 2 is 1.85 bits per heavy atom. The normalized spacial score (nSPS) is 22.7. The van der Waals surface area contributed by atoms with Crippen LogP contribution in [0.5, 0.6) is 0 Å². The van der Waals surface area contributed by atoms with Gasteiger partial charge in [0.15, 0.2) is 0 Å². The molecule has 1 atom stereocenters. The van der Waals surface area contributed by atoms with Gasteiger partial charge in [-0.15, -0.1) is 0 Å². The van der Waals surface area contributed by atoms with Crippen LogP contribution in [0.25, 0.3) is 0 Å². The van der Waals surface area contributed by atoms with Gasteiger partial charge in [-0.25, -0.2) is 0 Å². The number of hydrogen-bond acceptors (Lipinski definition) is 4. The Morgan fingerprint density at radius 1 is 1.15 bits per heavy atom. The molecule has 1 aromatic heterocycles. The summed E-state index contributed by atoms with van der Waals surface area (Å²) in [7, 11) is 0. The molecule has 27 heavy (non-hydrogen) atoms. The lowest BCUT2D eigenvalue weighted by Crippen LogP contribution is -2.41. The molecule has 2 N–H and O–H groups in total. The van der Waals surface area contributed by atoms with Crippen molar-refractivity contribution < 1.29 is 9.90 Å². The molecule has 1 aliphatic carbocycles. The third kappa shape index (κ3) is 4.37. The van der Waals surface area contributed by atoms with Gasteiger partial charge in [0.05, 0.1) is 17.8 Å². The molecule has 1 saturated carbocycles. The van der Waals surface area contributed by atoms with Crippen LogP contribution in [-0.2, 0) is 17.9 Å². The zero-order valence-electron chi connectivity index (χ0n) is 15.6. The molecule has 2 heterocycles. The maximum absolute atomic E-state index is 12.5. The fourth-order valence-electron chi connectivity index (χ4n) is 4.17. The molecular formula is C22H27N3O2. The van der Waals surface area contributed by atoms with Crippen molar-refractivity contribution in [3.8, 4) is 0 Å². The molecule has 2 aliphatic rings. The number of pyridine rings is 1. The van der Waals surface area contributed by atoms with Gasteiger partial charge in [-0.1, -0.05) is 30.3 Å². The number of carbonyl (C=O) groups is 1. The van der Waals surface area contributed by atoms with E-state index in [1.54, 1.807) is 6.20 Å². The van der Waals surface area contributed by atoms with E-state index in [1.165, 1.54) is 11.1 Å². The number of fused-ring (bicyclic) bond motifs is 1. The standard InChI is InChI=1S/C22H27N3O2/c26-19-12-18(13-19)22(20-8-3-4-10-23-20)24-21(27)9-5-11-25-14-16-6-1-2-7-17(16)15-25/h1-4,6-8,10,18-19,22,26H,5,9,11-15H2,(H,24,27)/t18?,19?,22-/m1/s1. The van der Waals surface area contributed by atoms with Crippen LogP contribution in [0.1, 0.15) is 48.5 Å². The molecule has 1 amide bonds. The summed E-state index contributed by atoms with van der Waals surface area (Å²) >= 11 is 0. The second-order valence-electron chi connectivity index (χ2n) is 7.77. The number of nitrogens with zero attached hydrogens (tertiary/aromatic N) is 2. The van der Waals surface area contributed by atoms with E-state index in [0.29, 0.717) is 6.42 Å². The van der Waals surface area contributed by atoms with Crippen molar-refractivity contribution in [1.82, 2.24) is 15.2 Å². The highest BCUT2D eigenvalue weighted by molar-refractivity contribution is 5.76. The smallest absolute Gasteiger partial charge is 0.220 e. The zero-order valence-corrected chi connectivity index (χ0v) is 15.6. The summed E-state index contributed by atoms with van der Waals surface area (Å²) in [6.45, 7) is 2.89. The second-order valence-corrected chi connectivity index (χ2v) is 7.77. The average Bonchev–Trinajstić information content (AvgIpc) is 3.07. The lowest BCUT2D eigenvalue weighted by atomic mass is 9.76. The Balaban J connectivity index is 1.26. The van der Waals surface area contributed by atoms with Crippen LogP contribution in [0.15, 0.2) is 48.7 Å². The van der Waals surface area contributed by atoms with E-state index in [1.807, 2.05) is 18.2 Å². The van der Waals surface area contributed by atoms with Crippen LogP contribution < -0.4 is 5.32 Å². The minimum atomic E-state index is -0.241. The van der Waals surface area contributed by atoms with Crippen molar-refractivity contribution in [1.29, 1.82) is 0 Å². The number of aliphatic hydroxyl groups is 1. The number of rotatable bonds is 7. The molecule has 0 spiro atoms. The van der Waals surface area contributed by atoms with E-state index in [4.69, 9.17) is 0 Å².